The quantitative estimate of drug-likeness (QED) is 0.546. The molecule has 0 bridgehead atoms. The standard InChI is InChI=1S/C18H26ClN5OS/c1-12(2)9-23(10-13(3)4)16(25)11-26-18-22-21-17(24(18)20)14-5-7-15(19)8-6-14/h5-8,12-13H,9-11,20H2,1-4H3. The summed E-state index contributed by atoms with van der Waals surface area (Å²) in [5, 5.41) is 9.41. The molecular weight excluding hydrogens is 370 g/mol. The molecule has 2 aromatic rings. The Balaban J connectivity index is 2.04. The Morgan fingerprint density at radius 1 is 1.15 bits per heavy atom. The zero-order valence-corrected chi connectivity index (χ0v) is 17.2. The third-order valence-corrected chi connectivity index (χ3v) is 4.80. The predicted octanol–water partition coefficient (Wildman–Crippen LogP) is 3.55. The minimum atomic E-state index is 0.0912. The number of amides is 1. The lowest BCUT2D eigenvalue weighted by Crippen LogP contribution is -2.38. The third-order valence-electron chi connectivity index (χ3n) is 3.62. The molecule has 2 rings (SSSR count). The number of carbonyl (C=O) groups excluding carboxylic acids is 1. The fraction of sp³-hybridized carbons (Fsp3) is 0.500. The van der Waals surface area contributed by atoms with Crippen LogP contribution in [0.3, 0.4) is 0 Å². The van der Waals surface area contributed by atoms with Crippen LogP contribution in [0.5, 0.6) is 0 Å². The van der Waals surface area contributed by atoms with Gasteiger partial charge in [-0.3, -0.25) is 4.79 Å². The molecule has 1 amide bonds. The van der Waals surface area contributed by atoms with Crippen LogP contribution in [0.15, 0.2) is 29.4 Å². The molecule has 0 aliphatic carbocycles. The molecular formula is C18H26ClN5OS. The van der Waals surface area contributed by atoms with Crippen molar-refractivity contribution in [2.24, 2.45) is 11.8 Å². The first-order valence-electron chi connectivity index (χ1n) is 8.65. The summed E-state index contributed by atoms with van der Waals surface area (Å²) in [5.74, 6) is 7.88. The van der Waals surface area contributed by atoms with Gasteiger partial charge in [-0.1, -0.05) is 51.1 Å². The van der Waals surface area contributed by atoms with Gasteiger partial charge in [-0.05, 0) is 36.1 Å². The maximum absolute atomic E-state index is 12.6. The van der Waals surface area contributed by atoms with E-state index in [4.69, 9.17) is 17.4 Å². The van der Waals surface area contributed by atoms with E-state index in [0.29, 0.717) is 27.8 Å². The van der Waals surface area contributed by atoms with Gasteiger partial charge >= 0.3 is 0 Å². The highest BCUT2D eigenvalue weighted by Gasteiger charge is 2.19. The lowest BCUT2D eigenvalue weighted by Gasteiger charge is -2.26. The first-order valence-corrected chi connectivity index (χ1v) is 10.0. The highest BCUT2D eigenvalue weighted by atomic mass is 35.5. The molecule has 2 N–H and O–H groups in total. The van der Waals surface area contributed by atoms with E-state index in [9.17, 15) is 4.79 Å². The molecule has 142 valence electrons. The first kappa shape index (κ1) is 20.6. The summed E-state index contributed by atoms with van der Waals surface area (Å²) >= 11 is 7.21. The lowest BCUT2D eigenvalue weighted by atomic mass is 10.1. The van der Waals surface area contributed by atoms with Crippen LogP contribution >= 0.6 is 23.4 Å². The molecule has 8 heteroatoms. The van der Waals surface area contributed by atoms with Crippen molar-refractivity contribution in [2.75, 3.05) is 24.7 Å². The lowest BCUT2D eigenvalue weighted by molar-refractivity contribution is -0.129. The first-order chi connectivity index (χ1) is 12.3. The van der Waals surface area contributed by atoms with Crippen LogP contribution < -0.4 is 5.84 Å². The fourth-order valence-corrected chi connectivity index (χ4v) is 3.43. The molecule has 0 saturated carbocycles. The Bertz CT molecular complexity index is 720. The number of thioether (sulfide) groups is 1. The topological polar surface area (TPSA) is 77.0 Å². The van der Waals surface area contributed by atoms with Crippen molar-refractivity contribution in [3.8, 4) is 11.4 Å². The van der Waals surface area contributed by atoms with E-state index in [1.54, 1.807) is 12.1 Å². The number of aromatic nitrogens is 3. The summed E-state index contributed by atoms with van der Waals surface area (Å²) in [5.41, 5.74) is 0.823. The van der Waals surface area contributed by atoms with Gasteiger partial charge in [0, 0.05) is 23.7 Å². The van der Waals surface area contributed by atoms with E-state index >= 15 is 0 Å². The van der Waals surface area contributed by atoms with Gasteiger partial charge in [0.25, 0.3) is 0 Å². The summed E-state index contributed by atoms with van der Waals surface area (Å²) in [6.45, 7) is 9.96. The van der Waals surface area contributed by atoms with Crippen LogP contribution in [0.1, 0.15) is 27.7 Å². The minimum absolute atomic E-state index is 0.0912. The van der Waals surface area contributed by atoms with Crippen molar-refractivity contribution >= 4 is 29.3 Å². The number of rotatable bonds is 8. The van der Waals surface area contributed by atoms with Crippen molar-refractivity contribution < 1.29 is 4.79 Å². The third kappa shape index (κ3) is 5.64. The minimum Gasteiger partial charge on any atom is -0.341 e. The Morgan fingerprint density at radius 2 is 1.73 bits per heavy atom. The summed E-state index contributed by atoms with van der Waals surface area (Å²) in [7, 11) is 0. The van der Waals surface area contributed by atoms with Crippen molar-refractivity contribution in [3.05, 3.63) is 29.3 Å². The van der Waals surface area contributed by atoms with E-state index in [1.807, 2.05) is 17.0 Å². The Hall–Kier alpha value is -1.73. The van der Waals surface area contributed by atoms with Crippen LogP contribution in [-0.2, 0) is 4.79 Å². The highest BCUT2D eigenvalue weighted by molar-refractivity contribution is 7.99. The Labute approximate surface area is 164 Å². The van der Waals surface area contributed by atoms with Crippen molar-refractivity contribution in [1.82, 2.24) is 19.8 Å². The average molecular weight is 396 g/mol. The summed E-state index contributed by atoms with van der Waals surface area (Å²) in [6.07, 6.45) is 0. The van der Waals surface area contributed by atoms with Crippen LogP contribution in [0.25, 0.3) is 11.4 Å². The second-order valence-corrected chi connectivity index (χ2v) is 8.44. The van der Waals surface area contributed by atoms with E-state index in [1.165, 1.54) is 16.4 Å². The van der Waals surface area contributed by atoms with Gasteiger partial charge in [0.2, 0.25) is 11.1 Å². The average Bonchev–Trinajstić information content (AvgIpc) is 2.93. The Kier molecular flexibility index (Phi) is 7.34. The van der Waals surface area contributed by atoms with Crippen LogP contribution in [0.2, 0.25) is 5.02 Å². The molecule has 0 radical (unpaired) electrons. The molecule has 1 aromatic heterocycles. The number of nitrogens with two attached hydrogens (primary N) is 1. The second kappa shape index (κ2) is 9.28. The normalized spacial score (nSPS) is 11.3. The van der Waals surface area contributed by atoms with Crippen molar-refractivity contribution in [2.45, 2.75) is 32.9 Å². The molecule has 0 atom stereocenters. The monoisotopic (exact) mass is 395 g/mol. The number of benzene rings is 1. The fourth-order valence-electron chi connectivity index (χ4n) is 2.55. The number of nitrogen functional groups attached to an aromatic ring is 1. The van der Waals surface area contributed by atoms with Gasteiger partial charge in [-0.25, -0.2) is 4.68 Å². The van der Waals surface area contributed by atoms with Gasteiger partial charge in [0.05, 0.1) is 5.75 Å². The van der Waals surface area contributed by atoms with Crippen LogP contribution in [-0.4, -0.2) is 44.5 Å². The number of nitrogens with zero attached hydrogens (tertiary/aromatic N) is 4. The molecule has 0 saturated heterocycles. The SMILES string of the molecule is CC(C)CN(CC(C)C)C(=O)CSc1nnc(-c2ccc(Cl)cc2)n1N. The van der Waals surface area contributed by atoms with Gasteiger partial charge in [0.1, 0.15) is 0 Å². The number of hydrogen-bond acceptors (Lipinski definition) is 5. The van der Waals surface area contributed by atoms with Crippen LogP contribution in [0.4, 0.5) is 0 Å². The van der Waals surface area contributed by atoms with E-state index < -0.39 is 0 Å². The number of hydrogen-bond donors (Lipinski definition) is 1. The largest absolute Gasteiger partial charge is 0.341 e. The summed E-state index contributed by atoms with van der Waals surface area (Å²) in [6, 6.07) is 7.22. The zero-order chi connectivity index (χ0) is 19.3. The van der Waals surface area contributed by atoms with Crippen molar-refractivity contribution in [1.29, 1.82) is 0 Å². The smallest absolute Gasteiger partial charge is 0.233 e. The molecule has 1 aromatic carbocycles. The van der Waals surface area contributed by atoms with Crippen LogP contribution in [0, 0.1) is 11.8 Å². The second-order valence-electron chi connectivity index (χ2n) is 7.06. The van der Waals surface area contributed by atoms with E-state index in [2.05, 4.69) is 37.9 Å². The Morgan fingerprint density at radius 3 is 2.27 bits per heavy atom. The van der Waals surface area contributed by atoms with Gasteiger partial charge in [-0.15, -0.1) is 10.2 Å². The van der Waals surface area contributed by atoms with E-state index in [0.717, 1.165) is 18.7 Å². The summed E-state index contributed by atoms with van der Waals surface area (Å²) in [4.78, 5) is 14.5. The molecule has 26 heavy (non-hydrogen) atoms. The van der Waals surface area contributed by atoms with Gasteiger partial charge in [0.15, 0.2) is 5.82 Å². The van der Waals surface area contributed by atoms with Crippen molar-refractivity contribution in [3.63, 3.8) is 0 Å². The molecule has 6 nitrogen and oxygen atoms in total. The predicted molar refractivity (Wildman–Crippen MR) is 108 cm³/mol. The maximum atomic E-state index is 12.6. The zero-order valence-electron chi connectivity index (χ0n) is 15.6. The number of halogens is 1. The van der Waals surface area contributed by atoms with Gasteiger partial charge in [-0.2, -0.15) is 0 Å². The molecule has 0 aliphatic rings. The molecule has 0 spiro atoms. The molecule has 0 unspecified atom stereocenters. The molecule has 0 fully saturated rings. The van der Waals surface area contributed by atoms with Gasteiger partial charge < -0.3 is 10.7 Å². The maximum Gasteiger partial charge on any atom is 0.233 e. The number of carbonyl (C=O) groups is 1. The van der Waals surface area contributed by atoms with E-state index in [-0.39, 0.29) is 11.7 Å². The molecule has 0 aliphatic heterocycles. The molecule has 1 heterocycles. The summed E-state index contributed by atoms with van der Waals surface area (Å²) < 4.78 is 1.41. The highest BCUT2D eigenvalue weighted by Crippen LogP contribution is 2.23.